The van der Waals surface area contributed by atoms with E-state index < -0.39 is 12.1 Å². The third-order valence-electron chi connectivity index (χ3n) is 7.34. The van der Waals surface area contributed by atoms with Gasteiger partial charge in [-0.1, -0.05) is 62.4 Å². The van der Waals surface area contributed by atoms with Gasteiger partial charge in [0, 0.05) is 31.5 Å². The van der Waals surface area contributed by atoms with Crippen LogP contribution in [0.2, 0.25) is 0 Å². The van der Waals surface area contributed by atoms with Gasteiger partial charge in [0.05, 0.1) is 6.42 Å². The zero-order valence-electron chi connectivity index (χ0n) is 20.4. The summed E-state index contributed by atoms with van der Waals surface area (Å²) in [4.78, 5) is 38.3. The van der Waals surface area contributed by atoms with Gasteiger partial charge in [0.25, 0.3) is 0 Å². The molecule has 0 bridgehead atoms. The quantitative estimate of drug-likeness (QED) is 0.547. The molecular weight excluding hydrogens is 444 g/mol. The van der Waals surface area contributed by atoms with E-state index in [1.807, 2.05) is 38.1 Å². The minimum absolute atomic E-state index is 0.00282. The van der Waals surface area contributed by atoms with Crippen molar-refractivity contribution in [1.29, 1.82) is 0 Å². The molecule has 2 N–H and O–H groups in total. The van der Waals surface area contributed by atoms with E-state index >= 15 is 0 Å². The average molecular weight is 479 g/mol. The van der Waals surface area contributed by atoms with Crippen LogP contribution in [0.5, 0.6) is 0 Å². The number of likely N-dealkylation sites (tertiary alicyclic amines) is 1. The summed E-state index contributed by atoms with van der Waals surface area (Å²) in [5.74, 6) is -0.812. The van der Waals surface area contributed by atoms with Crippen molar-refractivity contribution >= 4 is 18.0 Å². The van der Waals surface area contributed by atoms with Crippen LogP contribution < -0.4 is 5.32 Å². The van der Waals surface area contributed by atoms with Crippen LogP contribution in [0.3, 0.4) is 0 Å². The van der Waals surface area contributed by atoms with E-state index in [2.05, 4.69) is 29.6 Å². The molecule has 1 fully saturated rings. The highest BCUT2D eigenvalue weighted by molar-refractivity contribution is 5.79. The van der Waals surface area contributed by atoms with Gasteiger partial charge in [-0.3, -0.25) is 9.59 Å². The fourth-order valence-corrected chi connectivity index (χ4v) is 5.33. The summed E-state index contributed by atoms with van der Waals surface area (Å²) in [5.41, 5.74) is 4.68. The molecule has 1 heterocycles. The van der Waals surface area contributed by atoms with Crippen molar-refractivity contribution in [3.63, 3.8) is 0 Å². The largest absolute Gasteiger partial charge is 0.481 e. The lowest BCUT2D eigenvalue weighted by Gasteiger charge is -2.27. The van der Waals surface area contributed by atoms with Crippen LogP contribution in [-0.4, -0.2) is 53.7 Å². The molecule has 0 saturated carbocycles. The molecule has 1 saturated heterocycles. The maximum atomic E-state index is 12.9. The number of fused-ring (bicyclic) bond motifs is 3. The van der Waals surface area contributed by atoms with Crippen molar-refractivity contribution in [2.45, 2.75) is 51.5 Å². The van der Waals surface area contributed by atoms with Crippen molar-refractivity contribution in [1.82, 2.24) is 10.2 Å². The zero-order valence-corrected chi connectivity index (χ0v) is 20.4. The van der Waals surface area contributed by atoms with E-state index in [0.717, 1.165) is 24.0 Å². The first-order chi connectivity index (χ1) is 16.8. The lowest BCUT2D eigenvalue weighted by molar-refractivity contribution is -0.140. The number of hydrogen-bond donors (Lipinski definition) is 2. The smallest absolute Gasteiger partial charge is 0.407 e. The van der Waals surface area contributed by atoms with Gasteiger partial charge in [-0.2, -0.15) is 0 Å². The summed E-state index contributed by atoms with van der Waals surface area (Å²) in [6.45, 7) is 5.22. The number of aliphatic carboxylic acids is 1. The molecule has 1 aliphatic heterocycles. The Bertz CT molecular complexity index is 1040. The number of ether oxygens (including phenoxy) is 1. The molecule has 2 aliphatic rings. The van der Waals surface area contributed by atoms with Crippen LogP contribution in [0.4, 0.5) is 4.79 Å². The van der Waals surface area contributed by atoms with Crippen LogP contribution in [0, 0.1) is 11.8 Å². The van der Waals surface area contributed by atoms with Crippen molar-refractivity contribution in [3.8, 4) is 11.1 Å². The molecule has 2 aromatic carbocycles. The SMILES string of the molecule is CC(C)C(CNC(=O)OCC1c2ccccc2-c2ccccc21)CC(=O)N1CCC[C@H]1CC(=O)O. The average Bonchev–Trinajstić information content (AvgIpc) is 3.42. The Morgan fingerprint density at radius 3 is 2.29 bits per heavy atom. The number of carboxylic acids is 1. The lowest BCUT2D eigenvalue weighted by Crippen LogP contribution is -2.40. The highest BCUT2D eigenvalue weighted by atomic mass is 16.5. The number of amides is 2. The summed E-state index contributed by atoms with van der Waals surface area (Å²) < 4.78 is 5.62. The fraction of sp³-hybridized carbons (Fsp3) is 0.464. The predicted molar refractivity (Wildman–Crippen MR) is 133 cm³/mol. The Hall–Kier alpha value is -3.35. The lowest BCUT2D eigenvalue weighted by atomic mass is 9.91. The van der Waals surface area contributed by atoms with Gasteiger partial charge < -0.3 is 20.1 Å². The monoisotopic (exact) mass is 478 g/mol. The second-order valence-corrected chi connectivity index (χ2v) is 9.90. The number of carbonyl (C=O) groups excluding carboxylic acids is 2. The van der Waals surface area contributed by atoms with Gasteiger partial charge in [-0.25, -0.2) is 4.79 Å². The highest BCUT2D eigenvalue weighted by Crippen LogP contribution is 2.44. The summed E-state index contributed by atoms with van der Waals surface area (Å²) in [5, 5.41) is 12.0. The molecule has 0 aromatic heterocycles. The van der Waals surface area contributed by atoms with Gasteiger partial charge in [0.1, 0.15) is 6.61 Å². The van der Waals surface area contributed by atoms with E-state index in [1.54, 1.807) is 4.90 Å². The molecule has 2 amide bonds. The molecule has 1 unspecified atom stereocenters. The van der Waals surface area contributed by atoms with Gasteiger partial charge in [0.2, 0.25) is 5.91 Å². The molecule has 7 heteroatoms. The maximum absolute atomic E-state index is 12.9. The second-order valence-electron chi connectivity index (χ2n) is 9.90. The van der Waals surface area contributed by atoms with Gasteiger partial charge in [-0.15, -0.1) is 0 Å². The van der Waals surface area contributed by atoms with Crippen LogP contribution >= 0.6 is 0 Å². The Balaban J connectivity index is 1.31. The Morgan fingerprint density at radius 2 is 1.69 bits per heavy atom. The molecule has 0 spiro atoms. The topological polar surface area (TPSA) is 95.9 Å². The van der Waals surface area contributed by atoms with Gasteiger partial charge in [-0.05, 0) is 46.9 Å². The van der Waals surface area contributed by atoms with Crippen LogP contribution in [0.15, 0.2) is 48.5 Å². The highest BCUT2D eigenvalue weighted by Gasteiger charge is 2.32. The molecule has 0 radical (unpaired) electrons. The molecule has 35 heavy (non-hydrogen) atoms. The number of carboxylic acid groups (broad SMARTS) is 1. The van der Waals surface area contributed by atoms with Crippen molar-refractivity contribution < 1.29 is 24.2 Å². The summed E-state index contributed by atoms with van der Waals surface area (Å²) in [6, 6.07) is 16.2. The second kappa shape index (κ2) is 10.9. The minimum Gasteiger partial charge on any atom is -0.481 e. The molecule has 2 aromatic rings. The molecule has 4 rings (SSSR count). The zero-order chi connectivity index (χ0) is 24.9. The summed E-state index contributed by atoms with van der Waals surface area (Å²) >= 11 is 0. The van der Waals surface area contributed by atoms with Crippen LogP contribution in [0.25, 0.3) is 11.1 Å². The molecule has 7 nitrogen and oxygen atoms in total. The van der Waals surface area contributed by atoms with Crippen LogP contribution in [0.1, 0.15) is 56.6 Å². The van der Waals surface area contributed by atoms with E-state index in [-0.39, 0.29) is 49.2 Å². The third-order valence-corrected chi connectivity index (χ3v) is 7.34. The maximum Gasteiger partial charge on any atom is 0.407 e. The first-order valence-electron chi connectivity index (χ1n) is 12.4. The van der Waals surface area contributed by atoms with Gasteiger partial charge in [0.15, 0.2) is 0 Å². The summed E-state index contributed by atoms with van der Waals surface area (Å²) in [7, 11) is 0. The van der Waals surface area contributed by atoms with E-state index in [0.29, 0.717) is 13.1 Å². The van der Waals surface area contributed by atoms with Crippen molar-refractivity contribution in [2.75, 3.05) is 19.7 Å². The molecule has 186 valence electrons. The van der Waals surface area contributed by atoms with Crippen molar-refractivity contribution in [3.05, 3.63) is 59.7 Å². The van der Waals surface area contributed by atoms with Gasteiger partial charge >= 0.3 is 12.1 Å². The molecule has 1 aliphatic carbocycles. The van der Waals surface area contributed by atoms with E-state index in [9.17, 15) is 14.4 Å². The first kappa shape index (κ1) is 24.8. The normalized spacial score (nSPS) is 17.7. The van der Waals surface area contributed by atoms with Crippen molar-refractivity contribution in [2.24, 2.45) is 11.8 Å². The number of nitrogens with one attached hydrogen (secondary N) is 1. The number of alkyl carbamates (subject to hydrolysis) is 1. The Kier molecular flexibility index (Phi) is 7.73. The van der Waals surface area contributed by atoms with E-state index in [4.69, 9.17) is 9.84 Å². The number of hydrogen-bond acceptors (Lipinski definition) is 4. The standard InChI is InChI=1S/C28H34N2O5/c1-18(2)19(14-26(31)30-13-7-8-20(30)15-27(32)33)16-29-28(34)35-17-25-23-11-5-3-9-21(23)22-10-4-6-12-24(22)25/h3-6,9-12,18-20,25H,7-8,13-17H2,1-2H3,(H,29,34)(H,32,33)/t19?,20-/m0/s1. The summed E-state index contributed by atoms with van der Waals surface area (Å²) in [6.07, 6.45) is 1.32. The predicted octanol–water partition coefficient (Wildman–Crippen LogP) is 4.65. The third kappa shape index (κ3) is 5.66. The Labute approximate surface area is 206 Å². The number of nitrogens with zero attached hydrogens (tertiary/aromatic N) is 1. The first-order valence-corrected chi connectivity index (χ1v) is 12.4. The van der Waals surface area contributed by atoms with E-state index in [1.165, 1.54) is 11.1 Å². The fourth-order valence-electron chi connectivity index (χ4n) is 5.33. The molecular formula is C28H34N2O5. The number of benzene rings is 2. The van der Waals surface area contributed by atoms with Crippen LogP contribution in [-0.2, 0) is 14.3 Å². The molecule has 2 atom stereocenters. The number of rotatable bonds is 9. The Morgan fingerprint density at radius 1 is 1.06 bits per heavy atom. The number of carbonyl (C=O) groups is 3. The minimum atomic E-state index is -0.882.